The van der Waals surface area contributed by atoms with Crippen molar-refractivity contribution in [1.82, 2.24) is 51.4 Å². The van der Waals surface area contributed by atoms with Gasteiger partial charge in [-0.25, -0.2) is 10.4 Å². The summed E-state index contributed by atoms with van der Waals surface area (Å²) in [5, 5.41) is 24.9. The van der Waals surface area contributed by atoms with Gasteiger partial charge < -0.3 is 25.4 Å². The summed E-state index contributed by atoms with van der Waals surface area (Å²) in [4.78, 5) is 7.22. The van der Waals surface area contributed by atoms with E-state index in [4.69, 9.17) is 0 Å². The van der Waals surface area contributed by atoms with Crippen LogP contribution in [0.1, 0.15) is 35.1 Å². The van der Waals surface area contributed by atoms with Gasteiger partial charge in [-0.2, -0.15) is 15.6 Å². The Morgan fingerprint density at radius 3 is 1.45 bits per heavy atom. The Kier molecular flexibility index (Phi) is 28.4. The highest BCUT2D eigenvalue weighted by molar-refractivity contribution is 4.64. The Bertz CT molecular complexity index is 252. The standard InChI is InChI=1S/C3H3N2.C2H2N3.2C2H6.CH4.N5/c1-2-5-3-4-1;1-2-4-5-3-1;2*1-2;;1-2-4-5-3-1/h1-3H;1-2H;2*1-2H3;1H4;/q2*-1;;;;-1. The summed E-state index contributed by atoms with van der Waals surface area (Å²) in [5.41, 5.74) is 0. The third-order valence-corrected chi connectivity index (χ3v) is 0.875. The van der Waals surface area contributed by atoms with Gasteiger partial charge >= 0.3 is 0 Å². The molecule has 0 spiro atoms. The number of nitrogens with zero attached hydrogens (tertiary/aromatic N) is 10. The zero-order valence-corrected chi connectivity index (χ0v) is 11.4. The monoisotopic (exact) mass is 281 g/mol. The maximum Gasteiger partial charge on any atom is 0.0215 e. The molecule has 3 aromatic rings. The van der Waals surface area contributed by atoms with Crippen LogP contribution >= 0.6 is 0 Å². The SMILES string of the molecule is C.CC.CC.c1c[n-]cn1.c1cn[n-]n1.n1nn[n-]n1. The minimum absolute atomic E-state index is 0. The van der Waals surface area contributed by atoms with Crippen molar-refractivity contribution < 1.29 is 0 Å². The van der Waals surface area contributed by atoms with Crippen LogP contribution in [0.2, 0.25) is 0 Å². The van der Waals surface area contributed by atoms with Crippen LogP contribution < -0.4 is 15.4 Å². The maximum atomic E-state index is 3.61. The van der Waals surface area contributed by atoms with Gasteiger partial charge in [0, 0.05) is 12.4 Å². The van der Waals surface area contributed by atoms with E-state index in [9.17, 15) is 0 Å². The van der Waals surface area contributed by atoms with Gasteiger partial charge in [0.1, 0.15) is 0 Å². The van der Waals surface area contributed by atoms with Gasteiger partial charge in [-0.1, -0.05) is 53.8 Å². The van der Waals surface area contributed by atoms with Crippen LogP contribution in [-0.4, -0.2) is 36.0 Å². The number of aromatic nitrogens is 10. The Morgan fingerprint density at radius 2 is 1.30 bits per heavy atom. The fourth-order valence-corrected chi connectivity index (χ4v) is 0.431. The van der Waals surface area contributed by atoms with Gasteiger partial charge in [-0.3, -0.25) is 0 Å². The zero-order valence-electron chi connectivity index (χ0n) is 11.4. The van der Waals surface area contributed by atoms with Crippen molar-refractivity contribution >= 4 is 0 Å². The van der Waals surface area contributed by atoms with Crippen molar-refractivity contribution in [2.24, 2.45) is 0 Å². The van der Waals surface area contributed by atoms with Gasteiger partial charge in [-0.15, -0.1) is 0 Å². The summed E-state index contributed by atoms with van der Waals surface area (Å²) < 4.78 is 0. The summed E-state index contributed by atoms with van der Waals surface area (Å²) in [5.74, 6) is 0. The van der Waals surface area contributed by atoms with Crippen LogP contribution in [0.5, 0.6) is 0 Å². The Hall–Kier alpha value is -2.65. The number of imidazole rings is 1. The van der Waals surface area contributed by atoms with Crippen LogP contribution in [0, 0.1) is 0 Å². The molecule has 0 aliphatic rings. The second-order valence-corrected chi connectivity index (χ2v) is 1.78. The van der Waals surface area contributed by atoms with Crippen molar-refractivity contribution in [2.75, 3.05) is 0 Å². The maximum absolute atomic E-state index is 3.61. The zero-order chi connectivity index (χ0) is 14.6. The lowest BCUT2D eigenvalue weighted by molar-refractivity contribution is 0.854. The molecule has 3 aromatic heterocycles. The molecule has 0 bridgehead atoms. The van der Waals surface area contributed by atoms with E-state index < -0.39 is 0 Å². The lowest BCUT2D eigenvalue weighted by Crippen LogP contribution is -1.71. The third-order valence-electron chi connectivity index (χ3n) is 0.875. The van der Waals surface area contributed by atoms with E-state index in [1.807, 2.05) is 27.7 Å². The number of rotatable bonds is 0. The van der Waals surface area contributed by atoms with Gasteiger partial charge in [0.25, 0.3) is 0 Å². The van der Waals surface area contributed by atoms with Crippen LogP contribution in [0.3, 0.4) is 0 Å². The molecule has 10 heteroatoms. The topological polar surface area (TPSA) is 133 Å². The molecule has 20 heavy (non-hydrogen) atoms. The van der Waals surface area contributed by atoms with Crippen molar-refractivity contribution in [2.45, 2.75) is 35.1 Å². The average Bonchev–Trinajstić information content (AvgIpc) is 3.31. The quantitative estimate of drug-likeness (QED) is 0.569. The van der Waals surface area contributed by atoms with Gasteiger partial charge in [0.15, 0.2) is 0 Å². The van der Waals surface area contributed by atoms with E-state index in [2.05, 4.69) is 51.4 Å². The molecule has 0 unspecified atom stereocenters. The molecule has 0 aromatic carbocycles. The first-order valence-corrected chi connectivity index (χ1v) is 5.62. The minimum atomic E-state index is 0. The Labute approximate surface area is 118 Å². The summed E-state index contributed by atoms with van der Waals surface area (Å²) in [7, 11) is 0. The molecule has 3 heterocycles. The predicted molar refractivity (Wildman–Crippen MR) is 73.3 cm³/mol. The summed E-state index contributed by atoms with van der Waals surface area (Å²) >= 11 is 0. The molecule has 0 saturated carbocycles. The van der Waals surface area contributed by atoms with Crippen molar-refractivity contribution in [3.63, 3.8) is 0 Å². The molecular formula is C10H21N10-3. The van der Waals surface area contributed by atoms with Gasteiger partial charge in [-0.05, 0) is 0 Å². The highest BCUT2D eigenvalue weighted by Gasteiger charge is 1.45. The molecule has 0 amide bonds. The fraction of sp³-hybridized carbons (Fsp3) is 0.500. The van der Waals surface area contributed by atoms with Gasteiger partial charge in [0.05, 0.1) is 0 Å². The first-order chi connectivity index (χ1) is 9.50. The molecule has 0 saturated heterocycles. The van der Waals surface area contributed by atoms with Crippen molar-refractivity contribution in [3.8, 4) is 0 Å². The minimum Gasteiger partial charge on any atom is -0.493 e. The van der Waals surface area contributed by atoms with Crippen molar-refractivity contribution in [3.05, 3.63) is 31.1 Å². The lowest BCUT2D eigenvalue weighted by Gasteiger charge is -1.71. The highest BCUT2D eigenvalue weighted by atomic mass is 15.6. The molecule has 114 valence electrons. The van der Waals surface area contributed by atoms with Crippen LogP contribution in [0.15, 0.2) is 31.1 Å². The highest BCUT2D eigenvalue weighted by Crippen LogP contribution is 1.60. The number of hydrogen-bond acceptors (Lipinski definition) is 7. The molecular weight excluding hydrogens is 260 g/mol. The Balaban J connectivity index is -0.000000189. The molecule has 3 rings (SSSR count). The van der Waals surface area contributed by atoms with E-state index in [1.54, 1.807) is 12.4 Å². The van der Waals surface area contributed by atoms with Crippen LogP contribution in [0.25, 0.3) is 0 Å². The van der Waals surface area contributed by atoms with Crippen molar-refractivity contribution in [1.29, 1.82) is 0 Å². The van der Waals surface area contributed by atoms with E-state index in [0.717, 1.165) is 0 Å². The first kappa shape index (κ1) is 22.5. The summed E-state index contributed by atoms with van der Waals surface area (Å²) in [6.07, 6.45) is 7.83. The van der Waals surface area contributed by atoms with Crippen LogP contribution in [-0.2, 0) is 0 Å². The fourth-order valence-electron chi connectivity index (χ4n) is 0.431. The van der Waals surface area contributed by atoms with E-state index in [0.29, 0.717) is 0 Å². The lowest BCUT2D eigenvalue weighted by atomic mass is 11.0. The normalized spacial score (nSPS) is 6.60. The molecule has 0 aliphatic carbocycles. The predicted octanol–water partition coefficient (Wildman–Crippen LogP) is 0.385. The molecule has 0 fully saturated rings. The second-order valence-electron chi connectivity index (χ2n) is 1.78. The van der Waals surface area contributed by atoms with E-state index >= 15 is 0 Å². The smallest absolute Gasteiger partial charge is 0.0215 e. The largest absolute Gasteiger partial charge is 0.493 e. The average molecular weight is 281 g/mol. The van der Waals surface area contributed by atoms with Gasteiger partial charge in [0.2, 0.25) is 0 Å². The summed E-state index contributed by atoms with van der Waals surface area (Å²) in [6.45, 7) is 8.00. The Morgan fingerprint density at radius 1 is 0.750 bits per heavy atom. The van der Waals surface area contributed by atoms with E-state index in [-0.39, 0.29) is 7.43 Å². The molecule has 0 aliphatic heterocycles. The summed E-state index contributed by atoms with van der Waals surface area (Å²) in [6, 6.07) is 0. The van der Waals surface area contributed by atoms with Crippen LogP contribution in [0.4, 0.5) is 0 Å². The molecule has 0 atom stereocenters. The second kappa shape index (κ2) is 25.3. The molecule has 0 N–H and O–H groups in total. The van der Waals surface area contributed by atoms with E-state index in [1.165, 1.54) is 18.7 Å². The molecule has 10 nitrogen and oxygen atoms in total. The number of hydrogen-bond donors (Lipinski definition) is 0. The first-order valence-electron chi connectivity index (χ1n) is 5.62. The molecule has 0 radical (unpaired) electrons. The third kappa shape index (κ3) is 20.7.